The fourth-order valence-electron chi connectivity index (χ4n) is 4.55. The van der Waals surface area contributed by atoms with Crippen molar-refractivity contribution < 1.29 is 18.7 Å². The molecule has 190 valence electrons. The Balaban J connectivity index is 1.36. The molecule has 0 unspecified atom stereocenters. The lowest BCUT2D eigenvalue weighted by Gasteiger charge is -2.37. The molecule has 0 bridgehead atoms. The van der Waals surface area contributed by atoms with Crippen LogP contribution in [0, 0.1) is 6.92 Å². The van der Waals surface area contributed by atoms with Gasteiger partial charge in [0, 0.05) is 37.6 Å². The minimum atomic E-state index is -0.258. The highest BCUT2D eigenvalue weighted by Crippen LogP contribution is 2.25. The van der Waals surface area contributed by atoms with E-state index in [-0.39, 0.29) is 24.5 Å². The van der Waals surface area contributed by atoms with Crippen LogP contribution in [0.15, 0.2) is 65.4 Å². The van der Waals surface area contributed by atoms with Gasteiger partial charge in [0.05, 0.1) is 12.9 Å². The number of rotatable bonds is 10. The van der Waals surface area contributed by atoms with E-state index in [1.807, 2.05) is 37.3 Å². The van der Waals surface area contributed by atoms with Crippen molar-refractivity contribution in [1.82, 2.24) is 9.88 Å². The molecule has 1 amide bonds. The van der Waals surface area contributed by atoms with E-state index in [2.05, 4.69) is 21.3 Å². The number of benzene rings is 1. The highest BCUT2D eigenvalue weighted by Gasteiger charge is 2.31. The number of hydrogen-bond acceptors (Lipinski definition) is 7. The standard InChI is InChI=1S/C28H34N4O4/c1-3-35-27(33)20-29-24-8-5-4-7-22(24)12-15-31-16-13-23(14-17-31)32(26-11-10-21(2)19-30-26)28(34)25-9-6-18-36-25/h4-11,18-19,23,29H,3,12-17,20H2,1-2H3. The molecule has 1 saturated heterocycles. The Labute approximate surface area is 212 Å². The second-order valence-electron chi connectivity index (χ2n) is 8.98. The Kier molecular flexibility index (Phi) is 8.73. The number of aromatic nitrogens is 1. The van der Waals surface area contributed by atoms with Gasteiger partial charge in [0.2, 0.25) is 0 Å². The Bertz CT molecular complexity index is 1120. The zero-order valence-electron chi connectivity index (χ0n) is 21.0. The van der Waals surface area contributed by atoms with Gasteiger partial charge in [-0.2, -0.15) is 0 Å². The molecule has 1 aliphatic heterocycles. The Hall–Kier alpha value is -3.65. The summed E-state index contributed by atoms with van der Waals surface area (Å²) in [5.41, 5.74) is 3.18. The molecular formula is C28H34N4O4. The second kappa shape index (κ2) is 12.4. The third-order valence-electron chi connectivity index (χ3n) is 6.46. The molecule has 3 aromatic rings. The number of nitrogens with one attached hydrogen (secondary N) is 1. The summed E-state index contributed by atoms with van der Waals surface area (Å²) in [7, 11) is 0. The first-order valence-corrected chi connectivity index (χ1v) is 12.5. The van der Waals surface area contributed by atoms with Crippen LogP contribution in [-0.4, -0.2) is 60.6 Å². The fourth-order valence-corrected chi connectivity index (χ4v) is 4.55. The molecule has 1 N–H and O–H groups in total. The van der Waals surface area contributed by atoms with Crippen LogP contribution in [0.1, 0.15) is 41.4 Å². The predicted molar refractivity (Wildman–Crippen MR) is 139 cm³/mol. The van der Waals surface area contributed by atoms with Gasteiger partial charge < -0.3 is 19.4 Å². The van der Waals surface area contributed by atoms with Gasteiger partial charge >= 0.3 is 5.97 Å². The Morgan fingerprint density at radius 2 is 1.94 bits per heavy atom. The molecule has 1 aromatic carbocycles. The molecule has 4 rings (SSSR count). The van der Waals surface area contributed by atoms with E-state index in [0.717, 1.165) is 50.1 Å². The smallest absolute Gasteiger partial charge is 0.325 e. The molecule has 2 aromatic heterocycles. The molecule has 0 radical (unpaired) electrons. The normalized spacial score (nSPS) is 14.4. The number of likely N-dealkylation sites (tertiary alicyclic amines) is 1. The van der Waals surface area contributed by atoms with Gasteiger partial charge in [-0.1, -0.05) is 24.3 Å². The molecule has 8 heteroatoms. The Morgan fingerprint density at radius 1 is 1.14 bits per heavy atom. The van der Waals surface area contributed by atoms with Crippen molar-refractivity contribution in [2.45, 2.75) is 39.2 Å². The number of carbonyl (C=O) groups excluding carboxylic acids is 2. The van der Waals surface area contributed by atoms with Crippen molar-refractivity contribution in [2.24, 2.45) is 0 Å². The number of carbonyl (C=O) groups is 2. The van der Waals surface area contributed by atoms with Crippen molar-refractivity contribution in [2.75, 3.05) is 43.0 Å². The van der Waals surface area contributed by atoms with Crippen molar-refractivity contribution in [1.29, 1.82) is 0 Å². The number of pyridine rings is 1. The minimum absolute atomic E-state index is 0.0487. The number of para-hydroxylation sites is 1. The zero-order chi connectivity index (χ0) is 25.3. The van der Waals surface area contributed by atoms with Gasteiger partial charge in [0.15, 0.2) is 5.76 Å². The SMILES string of the molecule is CCOC(=O)CNc1ccccc1CCN1CCC(N(C(=O)c2ccco2)c2ccc(C)cn2)CC1. The van der Waals surface area contributed by atoms with Crippen LogP contribution in [0.3, 0.4) is 0 Å². The molecule has 0 saturated carbocycles. The fraction of sp³-hybridized carbons (Fsp3) is 0.393. The van der Waals surface area contributed by atoms with E-state index in [0.29, 0.717) is 18.2 Å². The molecule has 0 spiro atoms. The average Bonchev–Trinajstić information content (AvgIpc) is 3.44. The molecule has 36 heavy (non-hydrogen) atoms. The molecule has 8 nitrogen and oxygen atoms in total. The van der Waals surface area contributed by atoms with Crippen molar-refractivity contribution in [3.63, 3.8) is 0 Å². The number of piperidine rings is 1. The monoisotopic (exact) mass is 490 g/mol. The van der Waals surface area contributed by atoms with E-state index in [4.69, 9.17) is 9.15 Å². The summed E-state index contributed by atoms with van der Waals surface area (Å²) in [5.74, 6) is 0.566. The van der Waals surface area contributed by atoms with Crippen molar-refractivity contribution in [3.8, 4) is 0 Å². The summed E-state index contributed by atoms with van der Waals surface area (Å²) in [4.78, 5) is 33.8. The van der Waals surface area contributed by atoms with Crippen LogP contribution < -0.4 is 10.2 Å². The minimum Gasteiger partial charge on any atom is -0.465 e. The zero-order valence-corrected chi connectivity index (χ0v) is 21.0. The predicted octanol–water partition coefficient (Wildman–Crippen LogP) is 4.31. The number of amides is 1. The first-order chi connectivity index (χ1) is 17.5. The molecule has 0 atom stereocenters. The molecule has 0 aliphatic carbocycles. The lowest BCUT2D eigenvalue weighted by molar-refractivity contribution is -0.140. The number of anilines is 2. The van der Waals surface area contributed by atoms with Crippen LogP contribution in [0.25, 0.3) is 0 Å². The van der Waals surface area contributed by atoms with Crippen LogP contribution in [0.4, 0.5) is 11.5 Å². The second-order valence-corrected chi connectivity index (χ2v) is 8.98. The number of furan rings is 1. The molecule has 3 heterocycles. The van der Waals surface area contributed by atoms with Crippen LogP contribution in [0.2, 0.25) is 0 Å². The van der Waals surface area contributed by atoms with Gasteiger partial charge in [0.1, 0.15) is 12.4 Å². The molecule has 1 aliphatic rings. The van der Waals surface area contributed by atoms with Crippen molar-refractivity contribution >= 4 is 23.4 Å². The number of hydrogen-bond donors (Lipinski definition) is 1. The summed E-state index contributed by atoms with van der Waals surface area (Å²) in [6.45, 7) is 7.00. The first kappa shape index (κ1) is 25.4. The maximum atomic E-state index is 13.3. The summed E-state index contributed by atoms with van der Waals surface area (Å²) in [6.07, 6.45) is 5.89. The number of ether oxygens (including phenoxy) is 1. The summed E-state index contributed by atoms with van der Waals surface area (Å²) in [5, 5.41) is 3.20. The van der Waals surface area contributed by atoms with E-state index >= 15 is 0 Å². The van der Waals surface area contributed by atoms with Gasteiger partial charge in [-0.25, -0.2) is 4.98 Å². The third kappa shape index (κ3) is 6.51. The first-order valence-electron chi connectivity index (χ1n) is 12.5. The van der Waals surface area contributed by atoms with Gasteiger partial charge in [-0.3, -0.25) is 14.5 Å². The third-order valence-corrected chi connectivity index (χ3v) is 6.46. The maximum Gasteiger partial charge on any atom is 0.325 e. The van der Waals surface area contributed by atoms with Crippen LogP contribution in [-0.2, 0) is 16.0 Å². The lowest BCUT2D eigenvalue weighted by atomic mass is 10.0. The number of nitrogens with zero attached hydrogens (tertiary/aromatic N) is 3. The summed E-state index contributed by atoms with van der Waals surface area (Å²) < 4.78 is 10.4. The molecular weight excluding hydrogens is 456 g/mol. The van der Waals surface area contributed by atoms with E-state index in [1.54, 1.807) is 30.2 Å². The Morgan fingerprint density at radius 3 is 2.64 bits per heavy atom. The van der Waals surface area contributed by atoms with Crippen LogP contribution in [0.5, 0.6) is 0 Å². The number of esters is 1. The van der Waals surface area contributed by atoms with Crippen LogP contribution >= 0.6 is 0 Å². The average molecular weight is 491 g/mol. The summed E-state index contributed by atoms with van der Waals surface area (Å²) >= 11 is 0. The highest BCUT2D eigenvalue weighted by atomic mass is 16.5. The van der Waals surface area contributed by atoms with Gasteiger partial charge in [-0.15, -0.1) is 0 Å². The lowest BCUT2D eigenvalue weighted by Crippen LogP contribution is -2.48. The quantitative estimate of drug-likeness (QED) is 0.424. The topological polar surface area (TPSA) is 87.9 Å². The van der Waals surface area contributed by atoms with E-state index < -0.39 is 0 Å². The van der Waals surface area contributed by atoms with Crippen molar-refractivity contribution in [3.05, 3.63) is 77.9 Å². The maximum absolute atomic E-state index is 13.3. The largest absolute Gasteiger partial charge is 0.465 e. The summed E-state index contributed by atoms with van der Waals surface area (Å²) in [6, 6.07) is 15.4. The van der Waals surface area contributed by atoms with E-state index in [9.17, 15) is 9.59 Å². The van der Waals surface area contributed by atoms with E-state index in [1.165, 1.54) is 11.8 Å². The van der Waals surface area contributed by atoms with Gasteiger partial charge in [-0.05, 0) is 68.5 Å². The number of aryl methyl sites for hydroxylation is 1. The molecule has 1 fully saturated rings. The highest BCUT2D eigenvalue weighted by molar-refractivity contribution is 6.04. The van der Waals surface area contributed by atoms with Gasteiger partial charge in [0.25, 0.3) is 5.91 Å².